The first-order valence-corrected chi connectivity index (χ1v) is 9.98. The Morgan fingerprint density at radius 1 is 1.08 bits per heavy atom. The monoisotopic (exact) mass is 378 g/mol. The van der Waals surface area contributed by atoms with Crippen LogP contribution in [0.5, 0.6) is 0 Å². The number of rotatable bonds is 6. The molecule has 26 heavy (non-hydrogen) atoms. The Hall–Kier alpha value is -2.25. The molecule has 0 aromatic heterocycles. The average molecular weight is 378 g/mol. The molecule has 0 saturated heterocycles. The number of hydrogen-bond acceptors (Lipinski definition) is 3. The molecule has 1 N–H and O–H groups in total. The standard InChI is InChI=1S/C19H23FN2O3S/c1-13-9-14(2)19(15(3)10-13)21-18(23)12-22(26(4,24)25)11-16-5-7-17(20)8-6-16/h5-10H,11-12H2,1-4H3,(H,21,23). The number of anilines is 1. The van der Waals surface area contributed by atoms with E-state index in [1.165, 1.54) is 24.3 Å². The number of sulfonamides is 1. The van der Waals surface area contributed by atoms with Crippen molar-refractivity contribution in [1.82, 2.24) is 4.31 Å². The molecule has 7 heteroatoms. The van der Waals surface area contributed by atoms with Gasteiger partial charge in [-0.15, -0.1) is 0 Å². The molecule has 0 spiro atoms. The zero-order chi connectivity index (χ0) is 19.5. The number of halogens is 1. The molecule has 0 radical (unpaired) electrons. The summed E-state index contributed by atoms with van der Waals surface area (Å²) in [5.74, 6) is -0.824. The van der Waals surface area contributed by atoms with E-state index in [0.29, 0.717) is 11.3 Å². The lowest BCUT2D eigenvalue weighted by Crippen LogP contribution is -2.37. The van der Waals surface area contributed by atoms with Crippen LogP contribution in [0, 0.1) is 26.6 Å². The van der Waals surface area contributed by atoms with E-state index in [4.69, 9.17) is 0 Å². The minimum absolute atomic E-state index is 0.00159. The van der Waals surface area contributed by atoms with Crippen LogP contribution < -0.4 is 5.32 Å². The lowest BCUT2D eigenvalue weighted by molar-refractivity contribution is -0.116. The van der Waals surface area contributed by atoms with Crippen molar-refractivity contribution in [2.24, 2.45) is 0 Å². The molecule has 0 heterocycles. The minimum atomic E-state index is -3.61. The lowest BCUT2D eigenvalue weighted by Gasteiger charge is -2.20. The summed E-state index contributed by atoms with van der Waals surface area (Å²) >= 11 is 0. The highest BCUT2D eigenvalue weighted by molar-refractivity contribution is 7.88. The number of nitrogens with one attached hydrogen (secondary N) is 1. The van der Waals surface area contributed by atoms with Crippen LogP contribution in [-0.4, -0.2) is 31.4 Å². The van der Waals surface area contributed by atoms with Gasteiger partial charge >= 0.3 is 0 Å². The van der Waals surface area contributed by atoms with E-state index in [1.54, 1.807) is 0 Å². The van der Waals surface area contributed by atoms with Gasteiger partial charge < -0.3 is 5.32 Å². The summed E-state index contributed by atoms with van der Waals surface area (Å²) in [7, 11) is -3.61. The second-order valence-electron chi connectivity index (χ2n) is 6.48. The van der Waals surface area contributed by atoms with Crippen LogP contribution >= 0.6 is 0 Å². The van der Waals surface area contributed by atoms with E-state index in [2.05, 4.69) is 5.32 Å². The smallest absolute Gasteiger partial charge is 0.239 e. The van der Waals surface area contributed by atoms with Crippen molar-refractivity contribution in [2.75, 3.05) is 18.1 Å². The molecule has 0 bridgehead atoms. The minimum Gasteiger partial charge on any atom is -0.324 e. The third-order valence-electron chi connectivity index (χ3n) is 4.00. The predicted molar refractivity (Wildman–Crippen MR) is 101 cm³/mol. The first kappa shape index (κ1) is 20.1. The summed E-state index contributed by atoms with van der Waals surface area (Å²) in [4.78, 5) is 12.4. The fourth-order valence-electron chi connectivity index (χ4n) is 2.80. The SMILES string of the molecule is Cc1cc(C)c(NC(=O)CN(Cc2ccc(F)cc2)S(C)(=O)=O)c(C)c1. The Balaban J connectivity index is 2.16. The van der Waals surface area contributed by atoms with E-state index in [0.717, 1.165) is 27.3 Å². The molecular weight excluding hydrogens is 355 g/mol. The largest absolute Gasteiger partial charge is 0.324 e. The van der Waals surface area contributed by atoms with Gasteiger partial charge in [0, 0.05) is 12.2 Å². The topological polar surface area (TPSA) is 66.5 Å². The molecule has 140 valence electrons. The Morgan fingerprint density at radius 3 is 2.12 bits per heavy atom. The van der Waals surface area contributed by atoms with E-state index in [9.17, 15) is 17.6 Å². The van der Waals surface area contributed by atoms with Crippen molar-refractivity contribution in [2.45, 2.75) is 27.3 Å². The maximum Gasteiger partial charge on any atom is 0.239 e. The van der Waals surface area contributed by atoms with Crippen molar-refractivity contribution in [1.29, 1.82) is 0 Å². The molecule has 0 aliphatic heterocycles. The predicted octanol–water partition coefficient (Wildman–Crippen LogP) is 3.15. The third-order valence-corrected chi connectivity index (χ3v) is 5.20. The van der Waals surface area contributed by atoms with E-state index in [1.807, 2.05) is 32.9 Å². The Morgan fingerprint density at radius 2 is 1.62 bits per heavy atom. The first-order chi connectivity index (χ1) is 12.1. The molecule has 2 aromatic carbocycles. The molecule has 2 aromatic rings. The summed E-state index contributed by atoms with van der Waals surface area (Å²) in [6, 6.07) is 9.42. The summed E-state index contributed by atoms with van der Waals surface area (Å²) in [5, 5.41) is 2.80. The molecule has 0 atom stereocenters. The van der Waals surface area contributed by atoms with Gasteiger partial charge in [0.2, 0.25) is 15.9 Å². The Bertz CT molecular complexity index is 886. The van der Waals surface area contributed by atoms with E-state index < -0.39 is 21.7 Å². The van der Waals surface area contributed by atoms with Crippen LogP contribution in [0.1, 0.15) is 22.3 Å². The number of carbonyl (C=O) groups excluding carboxylic acids is 1. The Kier molecular flexibility index (Phi) is 6.15. The first-order valence-electron chi connectivity index (χ1n) is 8.13. The molecular formula is C19H23FN2O3S. The van der Waals surface area contributed by atoms with Gasteiger partial charge in [0.05, 0.1) is 12.8 Å². The van der Waals surface area contributed by atoms with Crippen LogP contribution in [0.4, 0.5) is 10.1 Å². The van der Waals surface area contributed by atoms with Crippen LogP contribution in [0.2, 0.25) is 0 Å². The Labute approximate surface area is 153 Å². The van der Waals surface area contributed by atoms with Gasteiger partial charge in [0.1, 0.15) is 5.82 Å². The summed E-state index contributed by atoms with van der Waals surface area (Å²) in [6.45, 7) is 5.44. The van der Waals surface area contributed by atoms with Crippen molar-refractivity contribution in [3.05, 3.63) is 64.5 Å². The number of aryl methyl sites for hydroxylation is 3. The molecule has 1 amide bonds. The van der Waals surface area contributed by atoms with Gasteiger partial charge in [-0.05, 0) is 49.6 Å². The number of nitrogens with zero attached hydrogens (tertiary/aromatic N) is 1. The molecule has 0 aliphatic rings. The molecule has 5 nitrogen and oxygen atoms in total. The third kappa shape index (κ3) is 5.37. The lowest BCUT2D eigenvalue weighted by atomic mass is 10.1. The van der Waals surface area contributed by atoms with Crippen LogP contribution in [0.25, 0.3) is 0 Å². The van der Waals surface area contributed by atoms with Crippen molar-refractivity contribution in [3.63, 3.8) is 0 Å². The zero-order valence-corrected chi connectivity index (χ0v) is 16.2. The van der Waals surface area contributed by atoms with Gasteiger partial charge in [-0.1, -0.05) is 29.8 Å². The maximum atomic E-state index is 13.0. The fraction of sp³-hybridized carbons (Fsp3) is 0.316. The fourth-order valence-corrected chi connectivity index (χ4v) is 3.54. The van der Waals surface area contributed by atoms with Gasteiger partial charge in [0.15, 0.2) is 0 Å². The maximum absolute atomic E-state index is 13.0. The second-order valence-corrected chi connectivity index (χ2v) is 8.46. The highest BCUT2D eigenvalue weighted by Gasteiger charge is 2.21. The second kappa shape index (κ2) is 7.97. The molecule has 0 fully saturated rings. The van der Waals surface area contributed by atoms with Crippen LogP contribution in [0.3, 0.4) is 0 Å². The van der Waals surface area contributed by atoms with Gasteiger partial charge in [-0.3, -0.25) is 4.79 Å². The molecule has 2 rings (SSSR count). The number of benzene rings is 2. The quantitative estimate of drug-likeness (QED) is 0.840. The van der Waals surface area contributed by atoms with Crippen molar-refractivity contribution < 1.29 is 17.6 Å². The summed E-state index contributed by atoms with van der Waals surface area (Å²) in [5.41, 5.74) is 4.22. The summed E-state index contributed by atoms with van der Waals surface area (Å²) < 4.78 is 38.2. The molecule has 0 unspecified atom stereocenters. The normalized spacial score (nSPS) is 11.6. The molecule has 0 saturated carbocycles. The van der Waals surface area contributed by atoms with Crippen molar-refractivity contribution >= 4 is 21.6 Å². The van der Waals surface area contributed by atoms with Gasteiger partial charge in [0.25, 0.3) is 0 Å². The molecule has 0 aliphatic carbocycles. The number of amides is 1. The van der Waals surface area contributed by atoms with Gasteiger partial charge in [-0.25, -0.2) is 12.8 Å². The van der Waals surface area contributed by atoms with E-state index in [-0.39, 0.29) is 13.1 Å². The number of hydrogen-bond donors (Lipinski definition) is 1. The summed E-state index contributed by atoms with van der Waals surface area (Å²) in [6.07, 6.45) is 1.05. The van der Waals surface area contributed by atoms with Crippen LogP contribution in [0.15, 0.2) is 36.4 Å². The highest BCUT2D eigenvalue weighted by atomic mass is 32.2. The van der Waals surface area contributed by atoms with E-state index >= 15 is 0 Å². The van der Waals surface area contributed by atoms with Crippen molar-refractivity contribution in [3.8, 4) is 0 Å². The van der Waals surface area contributed by atoms with Gasteiger partial charge in [-0.2, -0.15) is 4.31 Å². The highest BCUT2D eigenvalue weighted by Crippen LogP contribution is 2.22. The zero-order valence-electron chi connectivity index (χ0n) is 15.3. The average Bonchev–Trinajstić information content (AvgIpc) is 2.51. The number of carbonyl (C=O) groups is 1. The van der Waals surface area contributed by atoms with Crippen LogP contribution in [-0.2, 0) is 21.4 Å².